The lowest BCUT2D eigenvalue weighted by atomic mass is 10.1. The van der Waals surface area contributed by atoms with Crippen molar-refractivity contribution < 1.29 is 4.74 Å². The van der Waals surface area contributed by atoms with Crippen LogP contribution in [0.1, 0.15) is 11.3 Å². The van der Waals surface area contributed by atoms with Gasteiger partial charge in [0.2, 0.25) is 0 Å². The van der Waals surface area contributed by atoms with Gasteiger partial charge in [-0.1, -0.05) is 11.6 Å². The number of benzene rings is 1. The van der Waals surface area contributed by atoms with E-state index in [1.54, 1.807) is 11.6 Å². The number of rotatable bonds is 3. The number of hydrogen-bond donors (Lipinski definition) is 1. The van der Waals surface area contributed by atoms with Crippen molar-refractivity contribution in [3.8, 4) is 17.0 Å². The van der Waals surface area contributed by atoms with Crippen molar-refractivity contribution in [3.05, 3.63) is 47.8 Å². The zero-order chi connectivity index (χ0) is 14.1. The summed E-state index contributed by atoms with van der Waals surface area (Å²) >= 11 is 0. The highest BCUT2D eigenvalue weighted by Crippen LogP contribution is 2.29. The predicted molar refractivity (Wildman–Crippen MR) is 77.6 cm³/mol. The summed E-state index contributed by atoms with van der Waals surface area (Å²) in [6.45, 7) is 2.46. The number of imidazole rings is 1. The summed E-state index contributed by atoms with van der Waals surface area (Å²) in [5.41, 5.74) is 10.2. The van der Waals surface area contributed by atoms with E-state index >= 15 is 0 Å². The van der Waals surface area contributed by atoms with E-state index in [9.17, 15) is 0 Å². The third-order valence-electron chi connectivity index (χ3n) is 3.21. The first-order valence-corrected chi connectivity index (χ1v) is 6.41. The van der Waals surface area contributed by atoms with Gasteiger partial charge < -0.3 is 10.5 Å². The number of nitrogens with two attached hydrogens (primary N) is 1. The number of ether oxygens (including phenoxy) is 1. The van der Waals surface area contributed by atoms with Gasteiger partial charge in [0.25, 0.3) is 0 Å². The lowest BCUT2D eigenvalue weighted by molar-refractivity contribution is 0.416. The summed E-state index contributed by atoms with van der Waals surface area (Å²) in [6, 6.07) is 9.91. The fourth-order valence-electron chi connectivity index (χ4n) is 2.20. The smallest absolute Gasteiger partial charge is 0.153 e. The first kappa shape index (κ1) is 12.6. The second kappa shape index (κ2) is 4.94. The Morgan fingerprint density at radius 2 is 2.10 bits per heavy atom. The second-order valence-corrected chi connectivity index (χ2v) is 4.66. The van der Waals surface area contributed by atoms with Crippen LogP contribution in [0.2, 0.25) is 0 Å². The van der Waals surface area contributed by atoms with E-state index in [1.165, 1.54) is 0 Å². The van der Waals surface area contributed by atoms with Gasteiger partial charge >= 0.3 is 0 Å². The molecule has 3 rings (SSSR count). The zero-order valence-corrected chi connectivity index (χ0v) is 11.5. The number of nitrogens with zero attached hydrogens (tertiary/aromatic N) is 3. The molecule has 0 aliphatic rings. The van der Waals surface area contributed by atoms with Crippen LogP contribution in [0.4, 0.5) is 0 Å². The van der Waals surface area contributed by atoms with E-state index in [4.69, 9.17) is 10.5 Å². The van der Waals surface area contributed by atoms with Crippen molar-refractivity contribution in [2.45, 2.75) is 13.5 Å². The maximum Gasteiger partial charge on any atom is 0.153 e. The molecule has 102 valence electrons. The molecule has 2 heterocycles. The molecule has 0 aliphatic heterocycles. The molecule has 0 saturated carbocycles. The molecule has 20 heavy (non-hydrogen) atoms. The summed E-state index contributed by atoms with van der Waals surface area (Å²) in [5.74, 6) is 0.807. The van der Waals surface area contributed by atoms with Gasteiger partial charge in [-0.25, -0.2) is 9.50 Å². The van der Waals surface area contributed by atoms with Gasteiger partial charge in [0, 0.05) is 12.1 Å². The molecular formula is C15H16N4O. The topological polar surface area (TPSA) is 65.4 Å². The standard InChI is InChI=1S/C15H16N4O/c1-10-3-5-14(20-2)12(7-10)13-4-6-15-17-11(8-16)9-19(15)18-13/h3-7,9H,8,16H2,1-2H3. The quantitative estimate of drug-likeness (QED) is 0.790. The number of methoxy groups -OCH3 is 1. The fraction of sp³-hybridized carbons (Fsp3) is 0.200. The van der Waals surface area contributed by atoms with Crippen molar-refractivity contribution in [1.82, 2.24) is 14.6 Å². The minimum Gasteiger partial charge on any atom is -0.496 e. The summed E-state index contributed by atoms with van der Waals surface area (Å²) in [4.78, 5) is 4.37. The third kappa shape index (κ3) is 2.12. The van der Waals surface area contributed by atoms with Crippen molar-refractivity contribution >= 4 is 5.65 Å². The Hall–Kier alpha value is -2.40. The molecule has 5 heteroatoms. The molecule has 2 aromatic heterocycles. The first-order chi connectivity index (χ1) is 9.71. The van der Waals surface area contributed by atoms with Gasteiger partial charge in [0.05, 0.1) is 24.7 Å². The molecule has 1 aromatic carbocycles. The number of fused-ring (bicyclic) bond motifs is 1. The molecular weight excluding hydrogens is 252 g/mol. The Kier molecular flexibility index (Phi) is 3.12. The van der Waals surface area contributed by atoms with Crippen LogP contribution in [0.25, 0.3) is 16.9 Å². The third-order valence-corrected chi connectivity index (χ3v) is 3.21. The van der Waals surface area contributed by atoms with Crippen LogP contribution < -0.4 is 10.5 Å². The maximum absolute atomic E-state index is 5.60. The van der Waals surface area contributed by atoms with E-state index in [2.05, 4.69) is 16.1 Å². The highest BCUT2D eigenvalue weighted by atomic mass is 16.5. The Morgan fingerprint density at radius 3 is 2.85 bits per heavy atom. The average molecular weight is 268 g/mol. The Bertz CT molecular complexity index is 764. The molecule has 0 aliphatic carbocycles. The van der Waals surface area contributed by atoms with Crippen molar-refractivity contribution in [2.75, 3.05) is 7.11 Å². The fourth-order valence-corrected chi connectivity index (χ4v) is 2.20. The van der Waals surface area contributed by atoms with E-state index in [-0.39, 0.29) is 0 Å². The molecule has 0 unspecified atom stereocenters. The van der Waals surface area contributed by atoms with Crippen molar-refractivity contribution in [1.29, 1.82) is 0 Å². The van der Waals surface area contributed by atoms with E-state index in [0.29, 0.717) is 6.54 Å². The second-order valence-electron chi connectivity index (χ2n) is 4.66. The molecule has 0 amide bonds. The summed E-state index contributed by atoms with van der Waals surface area (Å²) < 4.78 is 7.16. The van der Waals surface area contributed by atoms with Crippen LogP contribution in [0.5, 0.6) is 5.75 Å². The summed E-state index contributed by atoms with van der Waals surface area (Å²) in [7, 11) is 1.66. The van der Waals surface area contributed by atoms with E-state index < -0.39 is 0 Å². The molecule has 5 nitrogen and oxygen atoms in total. The number of aryl methyl sites for hydroxylation is 1. The van der Waals surface area contributed by atoms with Crippen LogP contribution in [0, 0.1) is 6.92 Å². The lowest BCUT2D eigenvalue weighted by Crippen LogP contribution is -1.96. The van der Waals surface area contributed by atoms with Crippen LogP contribution in [-0.2, 0) is 6.54 Å². The zero-order valence-electron chi connectivity index (χ0n) is 11.5. The Labute approximate surface area is 117 Å². The van der Waals surface area contributed by atoms with Crippen LogP contribution in [0.15, 0.2) is 36.5 Å². The van der Waals surface area contributed by atoms with Gasteiger partial charge in [-0.3, -0.25) is 0 Å². The molecule has 2 N–H and O–H groups in total. The van der Waals surface area contributed by atoms with Crippen molar-refractivity contribution in [3.63, 3.8) is 0 Å². The lowest BCUT2D eigenvalue weighted by Gasteiger charge is -2.09. The molecule has 3 aromatic rings. The van der Waals surface area contributed by atoms with Crippen molar-refractivity contribution in [2.24, 2.45) is 5.73 Å². The first-order valence-electron chi connectivity index (χ1n) is 6.41. The number of hydrogen-bond acceptors (Lipinski definition) is 4. The summed E-state index contributed by atoms with van der Waals surface area (Å²) in [5, 5.41) is 4.58. The van der Waals surface area contributed by atoms with Gasteiger partial charge in [-0.05, 0) is 31.2 Å². The predicted octanol–water partition coefficient (Wildman–Crippen LogP) is 2.17. The Balaban J connectivity index is 2.16. The molecule has 0 radical (unpaired) electrons. The minimum atomic E-state index is 0.409. The minimum absolute atomic E-state index is 0.409. The molecule has 0 bridgehead atoms. The maximum atomic E-state index is 5.60. The largest absolute Gasteiger partial charge is 0.496 e. The molecule has 0 spiro atoms. The monoisotopic (exact) mass is 268 g/mol. The van der Waals surface area contributed by atoms with Gasteiger partial charge in [0.1, 0.15) is 5.75 Å². The van der Waals surface area contributed by atoms with Gasteiger partial charge in [0.15, 0.2) is 5.65 Å². The Morgan fingerprint density at radius 1 is 1.25 bits per heavy atom. The van der Waals surface area contributed by atoms with Crippen LogP contribution >= 0.6 is 0 Å². The summed E-state index contributed by atoms with van der Waals surface area (Å²) in [6.07, 6.45) is 1.85. The van der Waals surface area contributed by atoms with E-state index in [1.807, 2.05) is 37.4 Å². The highest BCUT2D eigenvalue weighted by Gasteiger charge is 2.09. The normalized spacial score (nSPS) is 10.9. The SMILES string of the molecule is COc1ccc(C)cc1-c1ccc2nc(CN)cn2n1. The average Bonchev–Trinajstić information content (AvgIpc) is 2.89. The van der Waals surface area contributed by atoms with Gasteiger partial charge in [-0.15, -0.1) is 0 Å². The highest BCUT2D eigenvalue weighted by molar-refractivity contribution is 5.68. The van der Waals surface area contributed by atoms with Crippen LogP contribution in [0.3, 0.4) is 0 Å². The molecule has 0 atom stereocenters. The van der Waals surface area contributed by atoms with Crippen LogP contribution in [-0.4, -0.2) is 21.7 Å². The molecule has 0 saturated heterocycles. The van der Waals surface area contributed by atoms with E-state index in [0.717, 1.165) is 33.9 Å². The molecule has 0 fully saturated rings. The number of aromatic nitrogens is 3. The van der Waals surface area contributed by atoms with Gasteiger partial charge in [-0.2, -0.15) is 5.10 Å².